The molecule has 0 aliphatic carbocycles. The molecule has 1 N–H and O–H groups in total. The van der Waals surface area contributed by atoms with E-state index in [1.807, 2.05) is 30.3 Å². The van der Waals surface area contributed by atoms with E-state index in [2.05, 4.69) is 5.32 Å². The van der Waals surface area contributed by atoms with E-state index in [-0.39, 0.29) is 24.8 Å². The molecule has 0 aliphatic heterocycles. The highest BCUT2D eigenvalue weighted by molar-refractivity contribution is 7.92. The molecule has 0 aliphatic rings. The highest BCUT2D eigenvalue weighted by atomic mass is 32.2. The van der Waals surface area contributed by atoms with Gasteiger partial charge in [-0.05, 0) is 48.9 Å². The molecule has 0 saturated heterocycles. The second-order valence-corrected chi connectivity index (χ2v) is 9.13. The normalized spacial score (nSPS) is 10.9. The zero-order valence-corrected chi connectivity index (χ0v) is 18.6. The number of nitrogens with one attached hydrogen (secondary N) is 1. The van der Waals surface area contributed by atoms with Crippen molar-refractivity contribution < 1.29 is 22.7 Å². The summed E-state index contributed by atoms with van der Waals surface area (Å²) < 4.78 is 31.4. The second-order valence-electron chi connectivity index (χ2n) is 7.22. The lowest BCUT2D eigenvalue weighted by atomic mass is 10.1. The number of anilines is 2. The van der Waals surface area contributed by atoms with Gasteiger partial charge in [0.05, 0.1) is 18.5 Å². The number of carbonyl (C=O) groups excluding carboxylic acids is 2. The van der Waals surface area contributed by atoms with E-state index in [1.54, 1.807) is 48.5 Å². The average Bonchev–Trinajstić information content (AvgIpc) is 2.77. The fourth-order valence-electron chi connectivity index (χ4n) is 3.02. The SMILES string of the molecule is CC(=O)c1cccc(NC(=O)COc2ccc(N(Cc3ccccc3)S(C)(=O)=O)cc2)c1. The molecule has 0 spiro atoms. The number of carbonyl (C=O) groups is 2. The van der Waals surface area contributed by atoms with Crippen molar-refractivity contribution in [2.75, 3.05) is 22.5 Å². The molecule has 3 rings (SSSR count). The van der Waals surface area contributed by atoms with Crippen LogP contribution in [0.2, 0.25) is 0 Å². The van der Waals surface area contributed by atoms with Gasteiger partial charge in [0.1, 0.15) is 5.75 Å². The predicted molar refractivity (Wildman–Crippen MR) is 124 cm³/mol. The maximum Gasteiger partial charge on any atom is 0.262 e. The minimum absolute atomic E-state index is 0.0900. The molecule has 166 valence electrons. The second kappa shape index (κ2) is 10.1. The van der Waals surface area contributed by atoms with Gasteiger partial charge in [-0.2, -0.15) is 0 Å². The Hall–Kier alpha value is -3.65. The Kier molecular flexibility index (Phi) is 7.27. The van der Waals surface area contributed by atoms with Crippen LogP contribution in [0, 0.1) is 0 Å². The first-order valence-corrected chi connectivity index (χ1v) is 11.7. The summed E-state index contributed by atoms with van der Waals surface area (Å²) >= 11 is 0. The summed E-state index contributed by atoms with van der Waals surface area (Å²) in [5.41, 5.74) is 2.37. The number of ether oxygens (including phenoxy) is 1. The molecule has 32 heavy (non-hydrogen) atoms. The first kappa shape index (κ1) is 23.0. The van der Waals surface area contributed by atoms with Gasteiger partial charge < -0.3 is 10.1 Å². The summed E-state index contributed by atoms with van der Waals surface area (Å²) in [6.45, 7) is 1.43. The van der Waals surface area contributed by atoms with E-state index in [0.29, 0.717) is 22.7 Å². The fraction of sp³-hybridized carbons (Fsp3) is 0.167. The molecule has 0 radical (unpaired) electrons. The number of rotatable bonds is 9. The van der Waals surface area contributed by atoms with Crippen LogP contribution in [-0.4, -0.2) is 33.0 Å². The molecular weight excluding hydrogens is 428 g/mol. The van der Waals surface area contributed by atoms with Gasteiger partial charge in [-0.3, -0.25) is 13.9 Å². The number of hydrogen-bond donors (Lipinski definition) is 1. The lowest BCUT2D eigenvalue weighted by molar-refractivity contribution is -0.118. The summed E-state index contributed by atoms with van der Waals surface area (Å²) in [5.74, 6) is -0.0426. The Morgan fingerprint density at radius 1 is 0.938 bits per heavy atom. The summed E-state index contributed by atoms with van der Waals surface area (Å²) in [5, 5.41) is 2.68. The zero-order valence-electron chi connectivity index (χ0n) is 17.8. The molecule has 0 fully saturated rings. The van der Waals surface area contributed by atoms with Crippen molar-refractivity contribution >= 4 is 33.1 Å². The monoisotopic (exact) mass is 452 g/mol. The number of amides is 1. The minimum atomic E-state index is -3.49. The Morgan fingerprint density at radius 3 is 2.25 bits per heavy atom. The topological polar surface area (TPSA) is 92.8 Å². The van der Waals surface area contributed by atoms with E-state index in [1.165, 1.54) is 11.2 Å². The van der Waals surface area contributed by atoms with Crippen LogP contribution < -0.4 is 14.4 Å². The number of ketones is 1. The summed E-state index contributed by atoms with van der Waals surface area (Å²) in [6, 6.07) is 22.4. The molecule has 0 saturated carbocycles. The van der Waals surface area contributed by atoms with Gasteiger partial charge in [-0.25, -0.2) is 8.42 Å². The Balaban J connectivity index is 1.62. The van der Waals surface area contributed by atoms with E-state index in [9.17, 15) is 18.0 Å². The fourth-order valence-corrected chi connectivity index (χ4v) is 3.91. The summed E-state index contributed by atoms with van der Waals surface area (Å²) in [7, 11) is -3.49. The summed E-state index contributed by atoms with van der Waals surface area (Å²) in [6.07, 6.45) is 1.16. The highest BCUT2D eigenvalue weighted by Gasteiger charge is 2.18. The zero-order chi connectivity index (χ0) is 23.1. The quantitative estimate of drug-likeness (QED) is 0.498. The van der Waals surface area contributed by atoms with Crippen molar-refractivity contribution in [1.29, 1.82) is 0 Å². The molecule has 0 atom stereocenters. The maximum absolute atomic E-state index is 12.3. The molecule has 8 heteroatoms. The lowest BCUT2D eigenvalue weighted by Gasteiger charge is -2.22. The van der Waals surface area contributed by atoms with Crippen molar-refractivity contribution in [3.63, 3.8) is 0 Å². The van der Waals surface area contributed by atoms with E-state index in [0.717, 1.165) is 11.8 Å². The number of Topliss-reactive ketones (excluding diaryl/α,β-unsaturated/α-hetero) is 1. The number of hydrogen-bond acceptors (Lipinski definition) is 5. The summed E-state index contributed by atoms with van der Waals surface area (Å²) in [4.78, 5) is 23.6. The van der Waals surface area contributed by atoms with Crippen molar-refractivity contribution in [3.8, 4) is 5.75 Å². The van der Waals surface area contributed by atoms with Crippen LogP contribution in [0.5, 0.6) is 5.75 Å². The molecular formula is C24H24N2O5S. The largest absolute Gasteiger partial charge is 0.484 e. The van der Waals surface area contributed by atoms with E-state index < -0.39 is 10.0 Å². The van der Waals surface area contributed by atoms with Gasteiger partial charge in [-0.1, -0.05) is 42.5 Å². The third-order valence-corrected chi connectivity index (χ3v) is 5.76. The Morgan fingerprint density at radius 2 is 1.62 bits per heavy atom. The average molecular weight is 453 g/mol. The van der Waals surface area contributed by atoms with Gasteiger partial charge in [0.25, 0.3) is 5.91 Å². The number of nitrogens with zero attached hydrogens (tertiary/aromatic N) is 1. The highest BCUT2D eigenvalue weighted by Crippen LogP contribution is 2.24. The van der Waals surface area contributed by atoms with Crippen LogP contribution in [0.1, 0.15) is 22.8 Å². The molecule has 0 unspecified atom stereocenters. The van der Waals surface area contributed by atoms with Crippen LogP contribution in [0.15, 0.2) is 78.9 Å². The van der Waals surface area contributed by atoms with Crippen LogP contribution >= 0.6 is 0 Å². The molecule has 0 bridgehead atoms. The lowest BCUT2D eigenvalue weighted by Crippen LogP contribution is -2.29. The molecule has 0 aromatic heterocycles. The van der Waals surface area contributed by atoms with Crippen molar-refractivity contribution in [1.82, 2.24) is 0 Å². The Labute approximate surface area is 187 Å². The number of benzene rings is 3. The molecule has 1 amide bonds. The first-order valence-electron chi connectivity index (χ1n) is 9.88. The maximum atomic E-state index is 12.3. The predicted octanol–water partition coefficient (Wildman–Crippen LogP) is 3.87. The van der Waals surface area contributed by atoms with Gasteiger partial charge in [-0.15, -0.1) is 0 Å². The smallest absolute Gasteiger partial charge is 0.262 e. The van der Waals surface area contributed by atoms with Crippen LogP contribution in [0.4, 0.5) is 11.4 Å². The van der Waals surface area contributed by atoms with Gasteiger partial charge >= 0.3 is 0 Å². The third-order valence-electron chi connectivity index (χ3n) is 4.62. The van der Waals surface area contributed by atoms with Gasteiger partial charge in [0.2, 0.25) is 10.0 Å². The van der Waals surface area contributed by atoms with E-state index in [4.69, 9.17) is 4.74 Å². The third kappa shape index (κ3) is 6.42. The van der Waals surface area contributed by atoms with Crippen LogP contribution in [-0.2, 0) is 21.4 Å². The molecule has 3 aromatic carbocycles. The van der Waals surface area contributed by atoms with Crippen LogP contribution in [0.25, 0.3) is 0 Å². The minimum Gasteiger partial charge on any atom is -0.484 e. The molecule has 7 nitrogen and oxygen atoms in total. The van der Waals surface area contributed by atoms with Crippen molar-refractivity contribution in [3.05, 3.63) is 90.0 Å². The molecule has 0 heterocycles. The van der Waals surface area contributed by atoms with Crippen molar-refractivity contribution in [2.24, 2.45) is 0 Å². The standard InChI is InChI=1S/C24H24N2O5S/c1-18(27)20-9-6-10-21(15-20)25-24(28)17-31-23-13-11-22(12-14-23)26(32(2,29)30)16-19-7-4-3-5-8-19/h3-15H,16-17H2,1-2H3,(H,25,28). The van der Waals surface area contributed by atoms with Gasteiger partial charge in [0.15, 0.2) is 12.4 Å². The molecule has 3 aromatic rings. The number of sulfonamides is 1. The van der Waals surface area contributed by atoms with Crippen LogP contribution in [0.3, 0.4) is 0 Å². The van der Waals surface area contributed by atoms with Crippen molar-refractivity contribution in [2.45, 2.75) is 13.5 Å². The Bertz CT molecular complexity index is 1190. The van der Waals surface area contributed by atoms with E-state index >= 15 is 0 Å². The first-order chi connectivity index (χ1) is 15.2. The van der Waals surface area contributed by atoms with Gasteiger partial charge in [0, 0.05) is 11.3 Å².